The molecular weight excluding hydrogens is 328 g/mol. The third-order valence-corrected chi connectivity index (χ3v) is 4.28. The van der Waals surface area contributed by atoms with Gasteiger partial charge in [-0.25, -0.2) is 0 Å². The lowest BCUT2D eigenvalue weighted by atomic mass is 9.97. The molecule has 0 aliphatic heterocycles. The van der Waals surface area contributed by atoms with E-state index in [2.05, 4.69) is 16.3 Å². The van der Waals surface area contributed by atoms with E-state index in [4.69, 9.17) is 4.74 Å². The fraction of sp³-hybridized carbons (Fsp3) is 0.200. The molecule has 26 heavy (non-hydrogen) atoms. The number of ketones is 1. The first-order valence-corrected chi connectivity index (χ1v) is 8.10. The highest BCUT2D eigenvalue weighted by Crippen LogP contribution is 2.26. The van der Waals surface area contributed by atoms with Crippen LogP contribution in [-0.4, -0.2) is 27.7 Å². The minimum Gasteiger partial charge on any atom is -0.496 e. The van der Waals surface area contributed by atoms with Gasteiger partial charge in [-0.05, 0) is 18.6 Å². The topological polar surface area (TPSA) is 80.8 Å². The lowest BCUT2D eigenvalue weighted by Crippen LogP contribution is -2.16. The van der Waals surface area contributed by atoms with Gasteiger partial charge < -0.3 is 9.30 Å². The molecule has 6 nitrogen and oxygen atoms in total. The molecular formula is C20H18N4O2. The summed E-state index contributed by atoms with van der Waals surface area (Å²) < 4.78 is 6.96. The van der Waals surface area contributed by atoms with Crippen molar-refractivity contribution in [2.45, 2.75) is 12.8 Å². The highest BCUT2D eigenvalue weighted by atomic mass is 16.5. The van der Waals surface area contributed by atoms with Crippen LogP contribution in [0.2, 0.25) is 0 Å². The number of nitriles is 1. The molecule has 1 aromatic heterocycles. The van der Waals surface area contributed by atoms with E-state index in [0.717, 1.165) is 11.1 Å². The van der Waals surface area contributed by atoms with E-state index >= 15 is 0 Å². The summed E-state index contributed by atoms with van der Waals surface area (Å²) in [7, 11) is 3.30. The molecule has 0 spiro atoms. The van der Waals surface area contributed by atoms with Crippen molar-refractivity contribution in [1.29, 1.82) is 5.26 Å². The third-order valence-electron chi connectivity index (χ3n) is 4.28. The molecule has 0 radical (unpaired) electrons. The number of Topliss-reactive ketones (excluding diaryl/α,β-unsaturated/α-hetero) is 1. The predicted octanol–water partition coefficient (Wildman–Crippen LogP) is 3.29. The van der Waals surface area contributed by atoms with Gasteiger partial charge in [0.15, 0.2) is 23.3 Å². The first kappa shape index (κ1) is 17.4. The summed E-state index contributed by atoms with van der Waals surface area (Å²) in [5, 5.41) is 17.9. The maximum atomic E-state index is 12.9. The zero-order chi connectivity index (χ0) is 18.7. The molecule has 0 aliphatic carbocycles. The standard InChI is InChI=1S/C20H18N4O2/c1-13-9-10-15(11-17(13)26-3)18(25)16(12-21)20-23-22-19(24(20)2)14-7-5-4-6-8-14/h4-11,16H,1-3H3. The number of aryl methyl sites for hydroxylation is 1. The second-order valence-corrected chi connectivity index (χ2v) is 5.92. The summed E-state index contributed by atoms with van der Waals surface area (Å²) in [6.45, 7) is 1.89. The van der Waals surface area contributed by atoms with Crippen molar-refractivity contribution < 1.29 is 9.53 Å². The van der Waals surface area contributed by atoms with Crippen molar-refractivity contribution in [3.63, 3.8) is 0 Å². The number of hydrogen-bond donors (Lipinski definition) is 0. The highest BCUT2D eigenvalue weighted by Gasteiger charge is 2.28. The van der Waals surface area contributed by atoms with Gasteiger partial charge in [0.25, 0.3) is 0 Å². The molecule has 0 N–H and O–H groups in total. The first-order valence-electron chi connectivity index (χ1n) is 8.10. The molecule has 1 atom stereocenters. The Balaban J connectivity index is 1.99. The van der Waals surface area contributed by atoms with Gasteiger partial charge in [-0.1, -0.05) is 42.5 Å². The molecule has 3 rings (SSSR count). The first-order chi connectivity index (χ1) is 12.6. The number of benzene rings is 2. The van der Waals surface area contributed by atoms with Gasteiger partial charge in [-0.15, -0.1) is 10.2 Å². The van der Waals surface area contributed by atoms with Crippen LogP contribution in [0, 0.1) is 18.3 Å². The Morgan fingerprint density at radius 2 is 1.92 bits per heavy atom. The van der Waals surface area contributed by atoms with Crippen molar-refractivity contribution in [2.75, 3.05) is 7.11 Å². The smallest absolute Gasteiger partial charge is 0.187 e. The Kier molecular flexibility index (Phi) is 4.81. The summed E-state index contributed by atoms with van der Waals surface area (Å²) in [4.78, 5) is 12.9. The van der Waals surface area contributed by atoms with Gasteiger partial charge in [-0.2, -0.15) is 5.26 Å². The quantitative estimate of drug-likeness (QED) is 0.662. The maximum Gasteiger partial charge on any atom is 0.187 e. The van der Waals surface area contributed by atoms with Crippen LogP contribution < -0.4 is 4.74 Å². The molecule has 0 bridgehead atoms. The van der Waals surface area contributed by atoms with Crippen LogP contribution in [0.1, 0.15) is 27.7 Å². The Morgan fingerprint density at radius 1 is 1.19 bits per heavy atom. The highest BCUT2D eigenvalue weighted by molar-refractivity contribution is 6.02. The van der Waals surface area contributed by atoms with Crippen molar-refractivity contribution in [1.82, 2.24) is 14.8 Å². The van der Waals surface area contributed by atoms with E-state index in [-0.39, 0.29) is 5.78 Å². The van der Waals surface area contributed by atoms with Crippen LogP contribution in [0.5, 0.6) is 5.75 Å². The van der Waals surface area contributed by atoms with E-state index < -0.39 is 5.92 Å². The van der Waals surface area contributed by atoms with Gasteiger partial charge in [0, 0.05) is 18.2 Å². The number of aromatic nitrogens is 3. The van der Waals surface area contributed by atoms with E-state index in [0.29, 0.717) is 23.0 Å². The minimum atomic E-state index is -1.04. The molecule has 0 amide bonds. The zero-order valence-corrected chi connectivity index (χ0v) is 14.8. The Bertz CT molecular complexity index is 987. The van der Waals surface area contributed by atoms with Gasteiger partial charge in [0.1, 0.15) is 5.75 Å². The van der Waals surface area contributed by atoms with E-state index in [1.807, 2.05) is 37.3 Å². The van der Waals surface area contributed by atoms with Crippen LogP contribution in [0.3, 0.4) is 0 Å². The number of carbonyl (C=O) groups is 1. The van der Waals surface area contributed by atoms with Crippen LogP contribution in [0.15, 0.2) is 48.5 Å². The lowest BCUT2D eigenvalue weighted by Gasteiger charge is -2.11. The number of ether oxygens (including phenoxy) is 1. The summed E-state index contributed by atoms with van der Waals surface area (Å²) in [6, 6.07) is 16.7. The van der Waals surface area contributed by atoms with Crippen LogP contribution in [0.4, 0.5) is 0 Å². The van der Waals surface area contributed by atoms with E-state index in [9.17, 15) is 10.1 Å². The summed E-state index contributed by atoms with van der Waals surface area (Å²) in [5.41, 5.74) is 2.20. The fourth-order valence-corrected chi connectivity index (χ4v) is 2.80. The molecule has 0 aliphatic rings. The number of hydrogen-bond acceptors (Lipinski definition) is 5. The van der Waals surface area contributed by atoms with Crippen LogP contribution in [0.25, 0.3) is 11.4 Å². The Hall–Kier alpha value is -3.46. The molecule has 2 aromatic carbocycles. The molecule has 130 valence electrons. The van der Waals surface area contributed by atoms with Gasteiger partial charge in [-0.3, -0.25) is 4.79 Å². The Morgan fingerprint density at radius 3 is 2.58 bits per heavy atom. The van der Waals surface area contributed by atoms with E-state index in [1.165, 1.54) is 0 Å². The number of methoxy groups -OCH3 is 1. The molecule has 3 aromatic rings. The minimum absolute atomic E-state index is 0.316. The van der Waals surface area contributed by atoms with Crippen LogP contribution >= 0.6 is 0 Å². The normalized spacial score (nSPS) is 11.6. The molecule has 0 saturated heterocycles. The summed E-state index contributed by atoms with van der Waals surface area (Å²) >= 11 is 0. The molecule has 0 saturated carbocycles. The van der Waals surface area contributed by atoms with Gasteiger partial charge in [0.2, 0.25) is 0 Å². The van der Waals surface area contributed by atoms with E-state index in [1.54, 1.807) is 36.9 Å². The second-order valence-electron chi connectivity index (χ2n) is 5.92. The second kappa shape index (κ2) is 7.19. The predicted molar refractivity (Wildman–Crippen MR) is 96.9 cm³/mol. The monoisotopic (exact) mass is 346 g/mol. The van der Waals surface area contributed by atoms with Gasteiger partial charge in [0.05, 0.1) is 13.2 Å². The largest absolute Gasteiger partial charge is 0.496 e. The molecule has 1 unspecified atom stereocenters. The fourth-order valence-electron chi connectivity index (χ4n) is 2.80. The molecule has 0 fully saturated rings. The van der Waals surface area contributed by atoms with Crippen molar-refractivity contribution >= 4 is 5.78 Å². The molecule has 6 heteroatoms. The Labute approximate surface area is 151 Å². The lowest BCUT2D eigenvalue weighted by molar-refractivity contribution is 0.0974. The third kappa shape index (κ3) is 3.07. The summed E-state index contributed by atoms with van der Waals surface area (Å²) in [5.74, 6) is 0.153. The zero-order valence-electron chi connectivity index (χ0n) is 14.8. The van der Waals surface area contributed by atoms with Gasteiger partial charge >= 0.3 is 0 Å². The van der Waals surface area contributed by atoms with Crippen LogP contribution in [-0.2, 0) is 7.05 Å². The maximum absolute atomic E-state index is 12.9. The van der Waals surface area contributed by atoms with Crippen molar-refractivity contribution in [3.8, 4) is 23.2 Å². The van der Waals surface area contributed by atoms with Crippen molar-refractivity contribution in [3.05, 3.63) is 65.5 Å². The number of carbonyl (C=O) groups excluding carboxylic acids is 1. The number of rotatable bonds is 5. The SMILES string of the molecule is COc1cc(C(=O)C(C#N)c2nnc(-c3ccccc3)n2C)ccc1C. The molecule has 1 heterocycles. The number of nitrogens with zero attached hydrogens (tertiary/aromatic N) is 4. The summed E-state index contributed by atoms with van der Waals surface area (Å²) in [6.07, 6.45) is 0. The average molecular weight is 346 g/mol. The van der Waals surface area contributed by atoms with Crippen molar-refractivity contribution in [2.24, 2.45) is 7.05 Å². The average Bonchev–Trinajstić information content (AvgIpc) is 3.05.